The van der Waals surface area contributed by atoms with Crippen molar-refractivity contribution < 1.29 is 14.3 Å². The van der Waals surface area contributed by atoms with Crippen molar-refractivity contribution in [2.75, 3.05) is 26.2 Å². The summed E-state index contributed by atoms with van der Waals surface area (Å²) >= 11 is 0. The molecule has 5 heteroatoms. The Balaban J connectivity index is 1.39. The highest BCUT2D eigenvalue weighted by molar-refractivity contribution is 5.94. The Morgan fingerprint density at radius 2 is 1.64 bits per heavy atom. The summed E-state index contributed by atoms with van der Waals surface area (Å²) in [4.78, 5) is 17.4. The van der Waals surface area contributed by atoms with Gasteiger partial charge in [-0.2, -0.15) is 0 Å². The van der Waals surface area contributed by atoms with Gasteiger partial charge in [0, 0.05) is 36.7 Å². The van der Waals surface area contributed by atoms with Crippen molar-refractivity contribution in [2.24, 2.45) is 0 Å². The Kier molecular flexibility index (Phi) is 6.25. The highest BCUT2D eigenvalue weighted by atomic mass is 19.1. The van der Waals surface area contributed by atoms with Gasteiger partial charge in [-0.05, 0) is 54.3 Å². The Morgan fingerprint density at radius 3 is 2.36 bits per heavy atom. The van der Waals surface area contributed by atoms with E-state index in [0.29, 0.717) is 18.7 Å². The Hall–Kier alpha value is -3.02. The molecule has 0 bridgehead atoms. The van der Waals surface area contributed by atoms with Crippen LogP contribution in [0.1, 0.15) is 34.7 Å². The fourth-order valence-corrected chi connectivity index (χ4v) is 5.46. The number of aliphatic hydroxyl groups is 1. The SMILES string of the molecule is O=C(c1cccc(F)c1)N1CCCCN2[C@H](CO)[C@@H](c3ccc(-c4ccccc4)cc3)[C@H]2C1. The maximum Gasteiger partial charge on any atom is 0.254 e. The van der Waals surface area contributed by atoms with Gasteiger partial charge in [-0.15, -0.1) is 0 Å². The minimum Gasteiger partial charge on any atom is -0.395 e. The van der Waals surface area contributed by atoms with Crippen LogP contribution < -0.4 is 0 Å². The predicted molar refractivity (Wildman–Crippen MR) is 128 cm³/mol. The third kappa shape index (κ3) is 4.31. The Morgan fingerprint density at radius 1 is 0.909 bits per heavy atom. The smallest absolute Gasteiger partial charge is 0.254 e. The van der Waals surface area contributed by atoms with Gasteiger partial charge in [0.2, 0.25) is 0 Å². The van der Waals surface area contributed by atoms with Gasteiger partial charge in [-0.1, -0.05) is 60.7 Å². The molecule has 170 valence electrons. The molecule has 3 aromatic carbocycles. The molecule has 0 radical (unpaired) electrons. The molecule has 3 atom stereocenters. The lowest BCUT2D eigenvalue weighted by Crippen LogP contribution is -2.67. The van der Waals surface area contributed by atoms with Gasteiger partial charge in [0.25, 0.3) is 5.91 Å². The monoisotopic (exact) mass is 444 g/mol. The number of rotatable bonds is 4. The van der Waals surface area contributed by atoms with Gasteiger partial charge in [-0.3, -0.25) is 9.69 Å². The quantitative estimate of drug-likeness (QED) is 0.642. The van der Waals surface area contributed by atoms with Gasteiger partial charge >= 0.3 is 0 Å². The molecule has 0 saturated carbocycles. The summed E-state index contributed by atoms with van der Waals surface area (Å²) in [5.41, 5.74) is 3.92. The van der Waals surface area contributed by atoms with Crippen LogP contribution in [0.25, 0.3) is 11.1 Å². The van der Waals surface area contributed by atoms with Crippen LogP contribution >= 0.6 is 0 Å². The molecule has 0 aromatic heterocycles. The van der Waals surface area contributed by atoms with Crippen molar-refractivity contribution in [2.45, 2.75) is 30.8 Å². The van der Waals surface area contributed by atoms with E-state index in [9.17, 15) is 14.3 Å². The van der Waals surface area contributed by atoms with E-state index in [1.54, 1.807) is 12.1 Å². The molecule has 4 nitrogen and oxygen atoms in total. The molecule has 2 aliphatic rings. The Labute approximate surface area is 194 Å². The third-order valence-electron chi connectivity index (χ3n) is 7.13. The van der Waals surface area contributed by atoms with Crippen molar-refractivity contribution in [3.05, 3.63) is 95.8 Å². The molecule has 5 rings (SSSR count). The van der Waals surface area contributed by atoms with Crippen LogP contribution in [-0.4, -0.2) is 59.1 Å². The predicted octanol–water partition coefficient (Wildman–Crippen LogP) is 4.56. The first kappa shape index (κ1) is 21.8. The molecule has 2 fully saturated rings. The van der Waals surface area contributed by atoms with Gasteiger partial charge in [0.15, 0.2) is 0 Å². The van der Waals surface area contributed by atoms with Crippen LogP contribution in [0, 0.1) is 5.82 Å². The number of halogens is 1. The largest absolute Gasteiger partial charge is 0.395 e. The number of carbonyl (C=O) groups is 1. The number of benzene rings is 3. The van der Waals surface area contributed by atoms with E-state index in [0.717, 1.165) is 24.9 Å². The van der Waals surface area contributed by atoms with Crippen LogP contribution in [0.15, 0.2) is 78.9 Å². The highest BCUT2D eigenvalue weighted by Crippen LogP contribution is 2.42. The summed E-state index contributed by atoms with van der Waals surface area (Å²) in [6.07, 6.45) is 1.87. The topological polar surface area (TPSA) is 43.8 Å². The number of hydrogen-bond acceptors (Lipinski definition) is 3. The Bertz CT molecular complexity index is 1100. The number of carbonyl (C=O) groups excluding carboxylic acids is 1. The molecule has 33 heavy (non-hydrogen) atoms. The second-order valence-corrected chi connectivity index (χ2v) is 9.04. The van der Waals surface area contributed by atoms with E-state index in [4.69, 9.17) is 0 Å². The van der Waals surface area contributed by atoms with E-state index in [-0.39, 0.29) is 30.5 Å². The number of hydrogen-bond donors (Lipinski definition) is 1. The van der Waals surface area contributed by atoms with E-state index in [1.165, 1.54) is 23.3 Å². The molecule has 1 N–H and O–H groups in total. The van der Waals surface area contributed by atoms with Crippen LogP contribution in [0.2, 0.25) is 0 Å². The first-order chi connectivity index (χ1) is 16.2. The summed E-state index contributed by atoms with van der Waals surface area (Å²) < 4.78 is 13.7. The van der Waals surface area contributed by atoms with Crippen LogP contribution in [0.5, 0.6) is 0 Å². The number of aliphatic hydroxyl groups excluding tert-OH is 1. The lowest BCUT2D eigenvalue weighted by atomic mass is 9.74. The van der Waals surface area contributed by atoms with Gasteiger partial charge in [0.1, 0.15) is 5.82 Å². The van der Waals surface area contributed by atoms with Crippen LogP contribution in [0.3, 0.4) is 0 Å². The number of nitrogens with zero attached hydrogens (tertiary/aromatic N) is 2. The van der Waals surface area contributed by atoms with Crippen molar-refractivity contribution in [1.82, 2.24) is 9.80 Å². The molecule has 0 aliphatic carbocycles. The maximum atomic E-state index is 13.7. The number of amides is 1. The minimum atomic E-state index is -0.394. The average molecular weight is 445 g/mol. The third-order valence-corrected chi connectivity index (χ3v) is 7.13. The molecule has 2 aliphatic heterocycles. The van der Waals surface area contributed by atoms with Crippen molar-refractivity contribution >= 4 is 5.91 Å². The average Bonchev–Trinajstić information content (AvgIpc) is 2.83. The van der Waals surface area contributed by atoms with Gasteiger partial charge < -0.3 is 10.0 Å². The molecular weight excluding hydrogens is 415 g/mol. The molecule has 0 spiro atoms. The van der Waals surface area contributed by atoms with E-state index >= 15 is 0 Å². The first-order valence-corrected chi connectivity index (χ1v) is 11.7. The van der Waals surface area contributed by atoms with E-state index in [1.807, 2.05) is 23.1 Å². The van der Waals surface area contributed by atoms with Crippen LogP contribution in [0.4, 0.5) is 4.39 Å². The molecule has 2 saturated heterocycles. The standard InChI is InChI=1S/C28H29FN2O2/c29-24-10-6-9-23(17-24)28(33)30-15-4-5-16-31-25(18-30)27(26(31)19-32)22-13-11-21(12-14-22)20-7-2-1-3-8-20/h1-3,6-14,17,25-27,32H,4-5,15-16,18-19H2/t25-,26-,27+/m1/s1. The summed E-state index contributed by atoms with van der Waals surface area (Å²) in [6, 6.07) is 25.0. The summed E-state index contributed by atoms with van der Waals surface area (Å²) in [6.45, 7) is 2.27. The highest BCUT2D eigenvalue weighted by Gasteiger charge is 2.49. The zero-order valence-corrected chi connectivity index (χ0v) is 18.6. The number of fused-ring (bicyclic) bond motifs is 1. The van der Waals surface area contributed by atoms with Crippen molar-refractivity contribution in [3.8, 4) is 11.1 Å². The molecule has 0 unspecified atom stereocenters. The van der Waals surface area contributed by atoms with Gasteiger partial charge in [-0.25, -0.2) is 4.39 Å². The summed E-state index contributed by atoms with van der Waals surface area (Å²) in [5.74, 6) is -0.363. The van der Waals surface area contributed by atoms with Crippen molar-refractivity contribution in [1.29, 1.82) is 0 Å². The fraction of sp³-hybridized carbons (Fsp3) is 0.321. The second-order valence-electron chi connectivity index (χ2n) is 9.04. The molecule has 3 aromatic rings. The summed E-state index contributed by atoms with van der Waals surface area (Å²) in [7, 11) is 0. The fourth-order valence-electron chi connectivity index (χ4n) is 5.46. The zero-order chi connectivity index (χ0) is 22.8. The lowest BCUT2D eigenvalue weighted by molar-refractivity contribution is -0.0606. The van der Waals surface area contributed by atoms with E-state index < -0.39 is 5.82 Å². The van der Waals surface area contributed by atoms with Crippen molar-refractivity contribution in [3.63, 3.8) is 0 Å². The first-order valence-electron chi connectivity index (χ1n) is 11.7. The molecule has 2 heterocycles. The zero-order valence-electron chi connectivity index (χ0n) is 18.6. The molecular formula is C28H29FN2O2. The normalized spacial score (nSPS) is 23.2. The molecule has 1 amide bonds. The lowest BCUT2D eigenvalue weighted by Gasteiger charge is -2.57. The second kappa shape index (κ2) is 9.46. The van der Waals surface area contributed by atoms with Crippen LogP contribution in [-0.2, 0) is 0 Å². The van der Waals surface area contributed by atoms with E-state index in [2.05, 4.69) is 41.3 Å². The van der Waals surface area contributed by atoms with Gasteiger partial charge in [0.05, 0.1) is 6.61 Å². The summed E-state index contributed by atoms with van der Waals surface area (Å²) in [5, 5.41) is 10.2. The minimum absolute atomic E-state index is 0.0572. The maximum absolute atomic E-state index is 13.7.